The first-order chi connectivity index (χ1) is 6.91. The summed E-state index contributed by atoms with van der Waals surface area (Å²) < 4.78 is 26.6. The molecule has 1 aromatic heterocycles. The van der Waals surface area contributed by atoms with Gasteiger partial charge in [0.15, 0.2) is 0 Å². The third kappa shape index (κ3) is 2.74. The largest absolute Gasteiger partial charge is 0.481 e. The lowest BCUT2D eigenvalue weighted by Crippen LogP contribution is -2.15. The minimum Gasteiger partial charge on any atom is -0.481 e. The molecule has 0 aliphatic rings. The van der Waals surface area contributed by atoms with Gasteiger partial charge in [0.05, 0.1) is 18.0 Å². The van der Waals surface area contributed by atoms with Crippen molar-refractivity contribution in [2.75, 3.05) is 0 Å². The van der Waals surface area contributed by atoms with Crippen molar-refractivity contribution in [1.29, 1.82) is 0 Å². The predicted molar refractivity (Wildman–Crippen MR) is 48.9 cm³/mol. The van der Waals surface area contributed by atoms with Crippen LogP contribution in [-0.4, -0.2) is 27.3 Å². The number of carboxylic acid groups (broad SMARTS) is 1. The van der Waals surface area contributed by atoms with Crippen molar-refractivity contribution >= 4 is 5.97 Å². The van der Waals surface area contributed by atoms with Gasteiger partial charge in [0, 0.05) is 13.2 Å². The molecule has 1 rings (SSSR count). The third-order valence-electron chi connectivity index (χ3n) is 2.10. The molecular weight excluding hydrogens is 206 g/mol. The zero-order valence-corrected chi connectivity index (χ0v) is 8.44. The zero-order valence-electron chi connectivity index (χ0n) is 8.44. The lowest BCUT2D eigenvalue weighted by atomic mass is 9.99. The van der Waals surface area contributed by atoms with Gasteiger partial charge in [0.2, 0.25) is 6.43 Å². The van der Waals surface area contributed by atoms with Crippen LogP contribution in [0.1, 0.15) is 23.6 Å². The van der Waals surface area contributed by atoms with Crippen molar-refractivity contribution in [3.05, 3.63) is 17.5 Å². The van der Waals surface area contributed by atoms with Gasteiger partial charge < -0.3 is 5.11 Å². The normalized spacial score (nSPS) is 13.1. The summed E-state index contributed by atoms with van der Waals surface area (Å²) in [6.45, 7) is 1.64. The lowest BCUT2D eigenvalue weighted by molar-refractivity contribution is -0.138. The van der Waals surface area contributed by atoms with Crippen LogP contribution < -0.4 is 0 Å². The van der Waals surface area contributed by atoms with Crippen molar-refractivity contribution in [1.82, 2.24) is 9.78 Å². The Morgan fingerprint density at radius 3 is 2.60 bits per heavy atom. The number of carboxylic acids is 1. The minimum atomic E-state index is -2.71. The molecule has 0 radical (unpaired) electrons. The highest BCUT2D eigenvalue weighted by Gasteiger charge is 2.28. The summed E-state index contributed by atoms with van der Waals surface area (Å²) in [7, 11) is 1.61. The van der Waals surface area contributed by atoms with E-state index in [4.69, 9.17) is 5.11 Å². The standard InChI is InChI=1S/C9H12F2N2O2/c1-5-4-13(2)12-8(5)6(9(10)11)3-7(14)15/h4,6,9H,3H2,1-2H3,(H,14,15). The van der Waals surface area contributed by atoms with Gasteiger partial charge >= 0.3 is 5.97 Å². The molecule has 15 heavy (non-hydrogen) atoms. The second-order valence-corrected chi connectivity index (χ2v) is 3.41. The monoisotopic (exact) mass is 218 g/mol. The SMILES string of the molecule is Cc1cn(C)nc1C(CC(=O)O)C(F)F. The van der Waals surface area contributed by atoms with E-state index >= 15 is 0 Å². The molecule has 1 unspecified atom stereocenters. The Bertz CT molecular complexity index is 363. The molecule has 1 heterocycles. The van der Waals surface area contributed by atoms with Crippen LogP contribution in [0.2, 0.25) is 0 Å². The van der Waals surface area contributed by atoms with E-state index in [1.807, 2.05) is 0 Å². The summed E-state index contributed by atoms with van der Waals surface area (Å²) in [6, 6.07) is 0. The molecular formula is C9H12F2N2O2. The molecule has 0 spiro atoms. The van der Waals surface area contributed by atoms with E-state index in [1.165, 1.54) is 4.68 Å². The van der Waals surface area contributed by atoms with Gasteiger partial charge in [-0.15, -0.1) is 0 Å². The highest BCUT2D eigenvalue weighted by molar-refractivity contribution is 5.68. The number of nitrogens with zero attached hydrogens (tertiary/aromatic N) is 2. The van der Waals surface area contributed by atoms with Crippen LogP contribution in [0, 0.1) is 6.92 Å². The lowest BCUT2D eigenvalue weighted by Gasteiger charge is -2.11. The molecule has 0 saturated carbocycles. The third-order valence-corrected chi connectivity index (χ3v) is 2.10. The summed E-state index contributed by atoms with van der Waals surface area (Å²) in [5.41, 5.74) is 0.749. The summed E-state index contributed by atoms with van der Waals surface area (Å²) in [5.74, 6) is -2.57. The smallest absolute Gasteiger partial charge is 0.304 e. The second kappa shape index (κ2) is 4.37. The van der Waals surface area contributed by atoms with Crippen LogP contribution in [0.3, 0.4) is 0 Å². The maximum atomic E-state index is 12.6. The van der Waals surface area contributed by atoms with Crippen LogP contribution in [0.25, 0.3) is 0 Å². The number of hydrogen-bond acceptors (Lipinski definition) is 2. The molecule has 0 aliphatic carbocycles. The van der Waals surface area contributed by atoms with Gasteiger partial charge in [-0.25, -0.2) is 8.78 Å². The maximum Gasteiger partial charge on any atom is 0.304 e. The number of aliphatic carboxylic acids is 1. The highest BCUT2D eigenvalue weighted by Crippen LogP contribution is 2.27. The van der Waals surface area contributed by atoms with Crippen molar-refractivity contribution in [2.24, 2.45) is 7.05 Å². The minimum absolute atomic E-state index is 0.162. The van der Waals surface area contributed by atoms with Crippen LogP contribution in [0.15, 0.2) is 6.20 Å². The predicted octanol–water partition coefficient (Wildman–Crippen LogP) is 1.55. The Hall–Kier alpha value is -1.46. The van der Waals surface area contributed by atoms with E-state index in [2.05, 4.69) is 5.10 Å². The Labute approximate surface area is 85.5 Å². The molecule has 0 bridgehead atoms. The average Bonchev–Trinajstić information content (AvgIpc) is 2.40. The van der Waals surface area contributed by atoms with E-state index < -0.39 is 24.7 Å². The molecule has 4 nitrogen and oxygen atoms in total. The van der Waals surface area contributed by atoms with Gasteiger partial charge in [-0.3, -0.25) is 9.48 Å². The fourth-order valence-electron chi connectivity index (χ4n) is 1.48. The summed E-state index contributed by atoms with van der Waals surface area (Å²) in [4.78, 5) is 10.4. The number of carbonyl (C=O) groups is 1. The van der Waals surface area contributed by atoms with Crippen LogP contribution in [-0.2, 0) is 11.8 Å². The average molecular weight is 218 g/mol. The Morgan fingerprint density at radius 2 is 2.27 bits per heavy atom. The van der Waals surface area contributed by atoms with Gasteiger partial charge in [-0.05, 0) is 12.5 Å². The van der Waals surface area contributed by atoms with Gasteiger partial charge in [-0.2, -0.15) is 5.10 Å². The van der Waals surface area contributed by atoms with E-state index in [0.29, 0.717) is 5.56 Å². The van der Waals surface area contributed by atoms with Crippen molar-refractivity contribution in [2.45, 2.75) is 25.7 Å². The second-order valence-electron chi connectivity index (χ2n) is 3.41. The van der Waals surface area contributed by atoms with Gasteiger partial charge in [0.1, 0.15) is 0 Å². The maximum absolute atomic E-state index is 12.6. The number of aryl methyl sites for hydroxylation is 2. The summed E-state index contributed by atoms with van der Waals surface area (Å²) in [5, 5.41) is 12.4. The van der Waals surface area contributed by atoms with E-state index in [-0.39, 0.29) is 5.69 Å². The van der Waals surface area contributed by atoms with Crippen molar-refractivity contribution in [3.63, 3.8) is 0 Å². The first-order valence-corrected chi connectivity index (χ1v) is 4.42. The first-order valence-electron chi connectivity index (χ1n) is 4.42. The van der Waals surface area contributed by atoms with Crippen LogP contribution in [0.4, 0.5) is 8.78 Å². The number of halogens is 2. The Morgan fingerprint density at radius 1 is 1.67 bits per heavy atom. The van der Waals surface area contributed by atoms with Crippen LogP contribution >= 0.6 is 0 Å². The zero-order chi connectivity index (χ0) is 11.6. The summed E-state index contributed by atoms with van der Waals surface area (Å²) in [6.07, 6.45) is -1.73. The fraction of sp³-hybridized carbons (Fsp3) is 0.556. The van der Waals surface area contributed by atoms with E-state index in [0.717, 1.165) is 0 Å². The molecule has 1 N–H and O–H groups in total. The number of rotatable bonds is 4. The topological polar surface area (TPSA) is 55.1 Å². The fourth-order valence-corrected chi connectivity index (χ4v) is 1.48. The van der Waals surface area contributed by atoms with Crippen molar-refractivity contribution < 1.29 is 18.7 Å². The molecule has 1 aromatic rings. The van der Waals surface area contributed by atoms with Gasteiger partial charge in [-0.1, -0.05) is 0 Å². The van der Waals surface area contributed by atoms with Crippen LogP contribution in [0.5, 0.6) is 0 Å². The Balaban J connectivity index is 2.98. The van der Waals surface area contributed by atoms with Crippen molar-refractivity contribution in [3.8, 4) is 0 Å². The number of aromatic nitrogens is 2. The molecule has 0 amide bonds. The number of hydrogen-bond donors (Lipinski definition) is 1. The van der Waals surface area contributed by atoms with E-state index in [1.54, 1.807) is 20.2 Å². The quantitative estimate of drug-likeness (QED) is 0.834. The van der Waals surface area contributed by atoms with E-state index in [9.17, 15) is 13.6 Å². The molecule has 84 valence electrons. The molecule has 0 fully saturated rings. The first kappa shape index (κ1) is 11.6. The molecule has 0 aliphatic heterocycles. The Kier molecular flexibility index (Phi) is 3.39. The molecule has 0 aromatic carbocycles. The highest BCUT2D eigenvalue weighted by atomic mass is 19.3. The molecule has 6 heteroatoms. The molecule has 1 atom stereocenters. The molecule has 0 saturated heterocycles. The van der Waals surface area contributed by atoms with Gasteiger partial charge in [0.25, 0.3) is 0 Å². The number of alkyl halides is 2. The summed E-state index contributed by atoms with van der Waals surface area (Å²) >= 11 is 0.